The minimum absolute atomic E-state index is 0.0516. The van der Waals surface area contributed by atoms with Crippen molar-refractivity contribution in [2.45, 2.75) is 32.6 Å². The molecule has 1 aromatic carbocycles. The monoisotopic (exact) mass is 396 g/mol. The van der Waals surface area contributed by atoms with E-state index in [1.54, 1.807) is 22.7 Å². The minimum Gasteiger partial charge on any atom is -0.356 e. The lowest BCUT2D eigenvalue weighted by Crippen LogP contribution is -2.41. The normalized spacial score (nSPS) is 15.0. The number of piperidine rings is 1. The molecule has 152 valence electrons. The Kier molecular flexibility index (Phi) is 5.69. The van der Waals surface area contributed by atoms with Gasteiger partial charge in [-0.25, -0.2) is 4.39 Å². The molecule has 1 aliphatic rings. The smallest absolute Gasteiger partial charge is 0.223 e. The first-order valence-electron chi connectivity index (χ1n) is 10.2. The number of fused-ring (bicyclic) bond motifs is 1. The zero-order valence-electron chi connectivity index (χ0n) is 16.5. The highest BCUT2D eigenvalue weighted by Gasteiger charge is 2.26. The number of hydrogen-bond acceptors (Lipinski definition) is 5. The lowest BCUT2D eigenvalue weighted by Gasteiger charge is -2.32. The third-order valence-corrected chi connectivity index (χ3v) is 5.38. The molecule has 1 aliphatic heterocycles. The predicted molar refractivity (Wildman–Crippen MR) is 109 cm³/mol. The van der Waals surface area contributed by atoms with Gasteiger partial charge in [0.05, 0.1) is 5.56 Å². The fourth-order valence-corrected chi connectivity index (χ4v) is 3.66. The number of rotatable bonds is 6. The van der Waals surface area contributed by atoms with E-state index in [2.05, 4.69) is 32.4 Å². The summed E-state index contributed by atoms with van der Waals surface area (Å²) in [6.07, 6.45) is 3.67. The van der Waals surface area contributed by atoms with Crippen molar-refractivity contribution in [2.24, 2.45) is 5.92 Å². The summed E-state index contributed by atoms with van der Waals surface area (Å²) in [7, 11) is 0. The first-order valence-corrected chi connectivity index (χ1v) is 10.2. The van der Waals surface area contributed by atoms with Gasteiger partial charge in [-0.3, -0.25) is 4.79 Å². The van der Waals surface area contributed by atoms with Crippen LogP contribution < -0.4 is 10.2 Å². The molecule has 1 fully saturated rings. The van der Waals surface area contributed by atoms with Crippen LogP contribution in [0.3, 0.4) is 0 Å². The molecule has 7 nitrogen and oxygen atoms in total. The van der Waals surface area contributed by atoms with Crippen LogP contribution in [0.5, 0.6) is 0 Å². The van der Waals surface area contributed by atoms with Crippen molar-refractivity contribution in [3.05, 3.63) is 42.2 Å². The van der Waals surface area contributed by atoms with Gasteiger partial charge < -0.3 is 10.2 Å². The first-order chi connectivity index (χ1) is 14.2. The molecule has 4 rings (SSSR count). The van der Waals surface area contributed by atoms with Crippen molar-refractivity contribution in [3.8, 4) is 11.4 Å². The number of benzene rings is 1. The summed E-state index contributed by atoms with van der Waals surface area (Å²) in [5.74, 6) is 1.01. The number of aromatic nitrogens is 4. The molecule has 2 aromatic heterocycles. The Labute approximate surface area is 168 Å². The standard InChI is InChI=1S/C21H25FN6O/c1-2-3-12-23-21(29)15-10-13-27(14-11-15)19-9-8-18-24-25-20(28(18)26-19)16-6-4-5-7-17(16)22/h4-9,15H,2-3,10-14H2,1H3,(H,23,29). The number of amides is 1. The second kappa shape index (κ2) is 8.55. The third-order valence-electron chi connectivity index (χ3n) is 5.38. The van der Waals surface area contributed by atoms with Crippen LogP contribution >= 0.6 is 0 Å². The molecule has 0 aliphatic carbocycles. The molecular formula is C21H25FN6O. The van der Waals surface area contributed by atoms with Crippen molar-refractivity contribution in [3.63, 3.8) is 0 Å². The van der Waals surface area contributed by atoms with Crippen molar-refractivity contribution >= 4 is 17.4 Å². The van der Waals surface area contributed by atoms with E-state index in [-0.39, 0.29) is 17.6 Å². The largest absolute Gasteiger partial charge is 0.356 e. The Morgan fingerprint density at radius 1 is 1.17 bits per heavy atom. The Morgan fingerprint density at radius 3 is 2.72 bits per heavy atom. The topological polar surface area (TPSA) is 75.4 Å². The Morgan fingerprint density at radius 2 is 1.97 bits per heavy atom. The highest BCUT2D eigenvalue weighted by Crippen LogP contribution is 2.25. The number of hydrogen-bond donors (Lipinski definition) is 1. The molecular weight excluding hydrogens is 371 g/mol. The second-order valence-electron chi connectivity index (χ2n) is 7.37. The zero-order valence-corrected chi connectivity index (χ0v) is 16.5. The average molecular weight is 396 g/mol. The molecule has 29 heavy (non-hydrogen) atoms. The zero-order chi connectivity index (χ0) is 20.2. The number of halogens is 1. The molecule has 1 N–H and O–H groups in total. The maximum absolute atomic E-state index is 14.2. The number of carbonyl (C=O) groups excluding carboxylic acids is 1. The van der Waals surface area contributed by atoms with E-state index in [9.17, 15) is 9.18 Å². The van der Waals surface area contributed by atoms with Crippen LogP contribution in [0, 0.1) is 11.7 Å². The summed E-state index contributed by atoms with van der Waals surface area (Å²) in [4.78, 5) is 14.4. The van der Waals surface area contributed by atoms with Crippen LogP contribution in [0.15, 0.2) is 36.4 Å². The number of nitrogens with one attached hydrogen (secondary N) is 1. The summed E-state index contributed by atoms with van der Waals surface area (Å²) in [6.45, 7) is 4.37. The fraction of sp³-hybridized carbons (Fsp3) is 0.429. The third kappa shape index (κ3) is 4.06. The lowest BCUT2D eigenvalue weighted by atomic mass is 9.96. The highest BCUT2D eigenvalue weighted by atomic mass is 19.1. The first kappa shape index (κ1) is 19.3. The predicted octanol–water partition coefficient (Wildman–Crippen LogP) is 3.06. The van der Waals surface area contributed by atoms with Gasteiger partial charge in [-0.1, -0.05) is 25.5 Å². The summed E-state index contributed by atoms with van der Waals surface area (Å²) >= 11 is 0. The molecule has 0 atom stereocenters. The van der Waals surface area contributed by atoms with E-state index in [4.69, 9.17) is 0 Å². The molecule has 0 radical (unpaired) electrons. The summed E-state index contributed by atoms with van der Waals surface area (Å²) in [5.41, 5.74) is 0.935. The number of unbranched alkanes of at least 4 members (excludes halogenated alkanes) is 1. The van der Waals surface area contributed by atoms with Gasteiger partial charge in [0.1, 0.15) is 11.6 Å². The molecule has 1 amide bonds. The number of anilines is 1. The maximum Gasteiger partial charge on any atom is 0.223 e. The van der Waals surface area contributed by atoms with Crippen LogP contribution in [0.2, 0.25) is 0 Å². The van der Waals surface area contributed by atoms with Gasteiger partial charge in [0.15, 0.2) is 11.5 Å². The molecule has 3 heterocycles. The molecule has 0 spiro atoms. The molecule has 8 heteroatoms. The van der Waals surface area contributed by atoms with Crippen LogP contribution in [0.25, 0.3) is 17.0 Å². The average Bonchev–Trinajstić information content (AvgIpc) is 3.17. The number of nitrogens with zero attached hydrogens (tertiary/aromatic N) is 5. The van der Waals surface area contributed by atoms with E-state index in [0.29, 0.717) is 17.0 Å². The van der Waals surface area contributed by atoms with Crippen molar-refractivity contribution in [2.75, 3.05) is 24.5 Å². The highest BCUT2D eigenvalue weighted by molar-refractivity contribution is 5.79. The van der Waals surface area contributed by atoms with Gasteiger partial charge in [0, 0.05) is 25.6 Å². The van der Waals surface area contributed by atoms with E-state index < -0.39 is 0 Å². The quantitative estimate of drug-likeness (QED) is 0.648. The molecule has 1 saturated heterocycles. The van der Waals surface area contributed by atoms with Crippen LogP contribution in [-0.4, -0.2) is 45.4 Å². The minimum atomic E-state index is -0.357. The molecule has 0 bridgehead atoms. The van der Waals surface area contributed by atoms with Gasteiger partial charge in [-0.2, -0.15) is 4.52 Å². The Balaban J connectivity index is 1.49. The van der Waals surface area contributed by atoms with Crippen LogP contribution in [-0.2, 0) is 4.79 Å². The SMILES string of the molecule is CCCCNC(=O)C1CCN(c2ccc3nnc(-c4ccccc4F)n3n2)CC1. The van der Waals surface area contributed by atoms with Gasteiger partial charge in [-0.15, -0.1) is 15.3 Å². The van der Waals surface area contributed by atoms with E-state index in [1.165, 1.54) is 6.07 Å². The summed E-state index contributed by atoms with van der Waals surface area (Å²) in [6, 6.07) is 10.2. The van der Waals surface area contributed by atoms with Crippen LogP contribution in [0.4, 0.5) is 10.2 Å². The van der Waals surface area contributed by atoms with Gasteiger partial charge in [0.2, 0.25) is 5.91 Å². The lowest BCUT2D eigenvalue weighted by molar-refractivity contribution is -0.125. The fourth-order valence-electron chi connectivity index (χ4n) is 3.66. The summed E-state index contributed by atoms with van der Waals surface area (Å²) < 4.78 is 15.8. The Hall–Kier alpha value is -3.03. The van der Waals surface area contributed by atoms with Crippen LogP contribution in [0.1, 0.15) is 32.6 Å². The maximum atomic E-state index is 14.2. The second-order valence-corrected chi connectivity index (χ2v) is 7.37. The summed E-state index contributed by atoms with van der Waals surface area (Å²) in [5, 5.41) is 15.9. The van der Waals surface area contributed by atoms with E-state index in [0.717, 1.165) is 51.1 Å². The van der Waals surface area contributed by atoms with Gasteiger partial charge >= 0.3 is 0 Å². The van der Waals surface area contributed by atoms with E-state index >= 15 is 0 Å². The molecule has 0 saturated carbocycles. The van der Waals surface area contributed by atoms with Crippen molar-refractivity contribution in [1.29, 1.82) is 0 Å². The number of carbonyl (C=O) groups is 1. The Bertz CT molecular complexity index is 996. The molecule has 0 unspecified atom stereocenters. The van der Waals surface area contributed by atoms with Gasteiger partial charge in [-0.05, 0) is 43.5 Å². The van der Waals surface area contributed by atoms with Crippen molar-refractivity contribution in [1.82, 2.24) is 25.1 Å². The molecule has 3 aromatic rings. The van der Waals surface area contributed by atoms with Gasteiger partial charge in [0.25, 0.3) is 0 Å². The van der Waals surface area contributed by atoms with Crippen molar-refractivity contribution < 1.29 is 9.18 Å². The van der Waals surface area contributed by atoms with E-state index in [1.807, 2.05) is 12.1 Å².